The number of benzene rings is 2. The van der Waals surface area contributed by atoms with Crippen LogP contribution >= 0.6 is 0 Å². The highest BCUT2D eigenvalue weighted by atomic mass is 16.2. The molecule has 190 valence electrons. The number of nitrogens with zero attached hydrogens (tertiary/aromatic N) is 1. The normalized spacial score (nSPS) is 17.7. The maximum atomic E-state index is 14.2. The molecule has 1 atom stereocenters. The molecular weight excluding hydrogens is 444 g/mol. The van der Waals surface area contributed by atoms with Crippen molar-refractivity contribution in [1.82, 2.24) is 4.90 Å². The summed E-state index contributed by atoms with van der Waals surface area (Å²) in [5, 5.41) is 3.19. The smallest absolute Gasteiger partial charge is 0.255 e. The average molecular weight is 485 g/mol. The number of anilines is 1. The number of hydrogen-bond acceptors (Lipinski definition) is 2. The summed E-state index contributed by atoms with van der Waals surface area (Å²) in [6.45, 7) is 9.77. The molecule has 0 heterocycles. The van der Waals surface area contributed by atoms with Gasteiger partial charge in [-0.3, -0.25) is 9.59 Å². The first-order valence-corrected chi connectivity index (χ1v) is 13.6. The summed E-state index contributed by atoms with van der Waals surface area (Å²) in [6.07, 6.45) is 14.3. The maximum absolute atomic E-state index is 14.2. The first-order chi connectivity index (χ1) is 17.5. The topological polar surface area (TPSA) is 49.4 Å². The molecule has 2 aromatic rings. The van der Waals surface area contributed by atoms with E-state index >= 15 is 0 Å². The van der Waals surface area contributed by atoms with Crippen LogP contribution in [0.2, 0.25) is 0 Å². The number of carbonyl (C=O) groups is 2. The second-order valence-electron chi connectivity index (χ2n) is 10.4. The number of nitrogens with one attached hydrogen (secondary N) is 1. The number of hydrogen-bond donors (Lipinski definition) is 1. The van der Waals surface area contributed by atoms with Gasteiger partial charge in [-0.25, -0.2) is 0 Å². The van der Waals surface area contributed by atoms with Crippen LogP contribution in [-0.2, 0) is 4.79 Å². The SMILES string of the molecule is C=Cc1ccc(NC(=O)C(C2CCCCC2)N(C(=O)c2ccccc2C)C2CCCCC2)cc1C=C. The van der Waals surface area contributed by atoms with Crippen LogP contribution < -0.4 is 5.32 Å². The van der Waals surface area contributed by atoms with Gasteiger partial charge in [-0.2, -0.15) is 0 Å². The van der Waals surface area contributed by atoms with E-state index in [4.69, 9.17) is 0 Å². The van der Waals surface area contributed by atoms with Crippen molar-refractivity contribution in [3.05, 3.63) is 77.9 Å². The Morgan fingerprint density at radius 2 is 1.53 bits per heavy atom. The number of amides is 2. The minimum Gasteiger partial charge on any atom is -0.324 e. The Kier molecular flexibility index (Phi) is 8.79. The van der Waals surface area contributed by atoms with Gasteiger partial charge in [-0.05, 0) is 73.4 Å². The highest BCUT2D eigenvalue weighted by molar-refractivity contribution is 6.02. The van der Waals surface area contributed by atoms with Gasteiger partial charge in [0.2, 0.25) is 5.91 Å². The average Bonchev–Trinajstić information content (AvgIpc) is 2.92. The summed E-state index contributed by atoms with van der Waals surface area (Å²) in [5.41, 5.74) is 4.30. The standard InChI is InChI=1S/C32H40N2O2/c1-4-24-20-21-27(22-25(24)5-2)33-31(35)30(26-15-8-6-9-16-26)34(28-17-10-7-11-18-28)32(36)29-19-13-12-14-23(29)3/h4-5,12-14,19-22,26,28,30H,1-2,6-11,15-18H2,3H3,(H,33,35). The second-order valence-corrected chi connectivity index (χ2v) is 10.4. The van der Waals surface area contributed by atoms with Crippen LogP contribution in [0, 0.1) is 12.8 Å². The Morgan fingerprint density at radius 3 is 2.17 bits per heavy atom. The van der Waals surface area contributed by atoms with E-state index in [2.05, 4.69) is 18.5 Å². The second kappa shape index (κ2) is 12.2. The predicted molar refractivity (Wildman–Crippen MR) is 150 cm³/mol. The van der Waals surface area contributed by atoms with Crippen LogP contribution in [0.4, 0.5) is 5.69 Å². The van der Waals surface area contributed by atoms with Gasteiger partial charge >= 0.3 is 0 Å². The van der Waals surface area contributed by atoms with Crippen LogP contribution in [0.3, 0.4) is 0 Å². The summed E-state index contributed by atoms with van der Waals surface area (Å²) >= 11 is 0. The van der Waals surface area contributed by atoms with E-state index in [-0.39, 0.29) is 23.8 Å². The highest BCUT2D eigenvalue weighted by Crippen LogP contribution is 2.35. The quantitative estimate of drug-likeness (QED) is 0.418. The van der Waals surface area contributed by atoms with E-state index in [1.54, 1.807) is 12.2 Å². The van der Waals surface area contributed by atoms with Crippen molar-refractivity contribution in [2.45, 2.75) is 83.2 Å². The molecule has 2 aliphatic carbocycles. The third kappa shape index (κ3) is 5.80. The first-order valence-electron chi connectivity index (χ1n) is 13.6. The zero-order valence-corrected chi connectivity index (χ0v) is 21.7. The van der Waals surface area contributed by atoms with Crippen molar-refractivity contribution < 1.29 is 9.59 Å². The van der Waals surface area contributed by atoms with Gasteiger partial charge in [0, 0.05) is 17.3 Å². The molecule has 2 saturated carbocycles. The van der Waals surface area contributed by atoms with Crippen molar-refractivity contribution in [2.75, 3.05) is 5.32 Å². The minimum atomic E-state index is -0.480. The Morgan fingerprint density at radius 1 is 0.889 bits per heavy atom. The molecule has 2 aliphatic rings. The maximum Gasteiger partial charge on any atom is 0.255 e. The summed E-state index contributed by atoms with van der Waals surface area (Å²) in [6, 6.07) is 13.2. The fourth-order valence-corrected chi connectivity index (χ4v) is 6.08. The van der Waals surface area contributed by atoms with Crippen molar-refractivity contribution in [3.8, 4) is 0 Å². The molecule has 0 bridgehead atoms. The molecular formula is C32H40N2O2. The lowest BCUT2D eigenvalue weighted by Crippen LogP contribution is -2.56. The van der Waals surface area contributed by atoms with E-state index in [1.807, 2.05) is 54.3 Å². The molecule has 2 amide bonds. The minimum absolute atomic E-state index is 0.000454. The molecule has 0 saturated heterocycles. The van der Waals surface area contributed by atoms with Gasteiger partial charge in [-0.15, -0.1) is 0 Å². The Labute approximate surface area is 216 Å². The Hall–Kier alpha value is -3.14. The largest absolute Gasteiger partial charge is 0.324 e. The lowest BCUT2D eigenvalue weighted by Gasteiger charge is -2.43. The van der Waals surface area contributed by atoms with Crippen LogP contribution in [-0.4, -0.2) is 28.8 Å². The molecule has 2 aromatic carbocycles. The van der Waals surface area contributed by atoms with E-state index in [9.17, 15) is 9.59 Å². The van der Waals surface area contributed by atoms with Crippen LogP contribution in [0.1, 0.15) is 91.3 Å². The molecule has 36 heavy (non-hydrogen) atoms. The molecule has 2 fully saturated rings. The molecule has 4 nitrogen and oxygen atoms in total. The van der Waals surface area contributed by atoms with Crippen molar-refractivity contribution >= 4 is 29.7 Å². The van der Waals surface area contributed by atoms with E-state index in [1.165, 1.54) is 12.8 Å². The number of carbonyl (C=O) groups excluding carboxylic acids is 2. The fraction of sp³-hybridized carbons (Fsp3) is 0.438. The van der Waals surface area contributed by atoms with Crippen molar-refractivity contribution in [3.63, 3.8) is 0 Å². The summed E-state index contributed by atoms with van der Waals surface area (Å²) < 4.78 is 0. The zero-order valence-electron chi connectivity index (χ0n) is 21.7. The molecule has 4 rings (SSSR count). The van der Waals surface area contributed by atoms with E-state index < -0.39 is 6.04 Å². The van der Waals surface area contributed by atoms with Gasteiger partial charge in [-0.1, -0.05) is 88.1 Å². The van der Waals surface area contributed by atoms with E-state index in [0.717, 1.165) is 73.7 Å². The van der Waals surface area contributed by atoms with Crippen LogP contribution in [0.25, 0.3) is 12.2 Å². The summed E-state index contributed by atoms with van der Waals surface area (Å²) in [7, 11) is 0. The molecule has 0 spiro atoms. The van der Waals surface area contributed by atoms with Crippen molar-refractivity contribution in [1.29, 1.82) is 0 Å². The van der Waals surface area contributed by atoms with Gasteiger partial charge in [0.1, 0.15) is 6.04 Å². The lowest BCUT2D eigenvalue weighted by atomic mass is 9.80. The lowest BCUT2D eigenvalue weighted by molar-refractivity contribution is -0.124. The van der Waals surface area contributed by atoms with Crippen molar-refractivity contribution in [2.24, 2.45) is 5.92 Å². The first kappa shape index (κ1) is 25.9. The number of rotatable bonds is 8. The number of aryl methyl sites for hydroxylation is 1. The monoisotopic (exact) mass is 484 g/mol. The molecule has 0 radical (unpaired) electrons. The van der Waals surface area contributed by atoms with Gasteiger partial charge in [0.25, 0.3) is 5.91 Å². The molecule has 1 N–H and O–H groups in total. The van der Waals surface area contributed by atoms with Crippen LogP contribution in [0.5, 0.6) is 0 Å². The summed E-state index contributed by atoms with van der Waals surface area (Å²) in [4.78, 5) is 30.3. The Bertz CT molecular complexity index is 1090. The van der Waals surface area contributed by atoms with E-state index in [0.29, 0.717) is 5.56 Å². The van der Waals surface area contributed by atoms with Gasteiger partial charge in [0.15, 0.2) is 0 Å². The molecule has 0 aromatic heterocycles. The predicted octanol–water partition coefficient (Wildman–Crippen LogP) is 7.64. The molecule has 1 unspecified atom stereocenters. The molecule has 4 heteroatoms. The summed E-state index contributed by atoms with van der Waals surface area (Å²) in [5.74, 6) is 0.0928. The third-order valence-electron chi connectivity index (χ3n) is 8.04. The highest BCUT2D eigenvalue weighted by Gasteiger charge is 2.41. The zero-order chi connectivity index (χ0) is 25.5. The van der Waals surface area contributed by atoms with Gasteiger partial charge < -0.3 is 10.2 Å². The third-order valence-corrected chi connectivity index (χ3v) is 8.04. The molecule has 0 aliphatic heterocycles. The van der Waals surface area contributed by atoms with Crippen LogP contribution in [0.15, 0.2) is 55.6 Å². The fourth-order valence-electron chi connectivity index (χ4n) is 6.08. The van der Waals surface area contributed by atoms with Gasteiger partial charge in [0.05, 0.1) is 0 Å². The Balaban J connectivity index is 1.72.